The lowest BCUT2D eigenvalue weighted by atomic mass is 9.72. The van der Waals surface area contributed by atoms with Gasteiger partial charge in [0.15, 0.2) is 11.5 Å². The quantitative estimate of drug-likeness (QED) is 0.186. The lowest BCUT2D eigenvalue weighted by Crippen LogP contribution is -2.27. The number of ether oxygens (including phenoxy) is 2. The third-order valence-electron chi connectivity index (χ3n) is 7.73. The van der Waals surface area contributed by atoms with Crippen LogP contribution in [0.3, 0.4) is 0 Å². The standard InChI is InChI=1S/C35H36Cl2N2O3S/c1-5-41-30-17-22(11-16-29(30)42-21-23-12-14-25(36)19-28(23)37)20-38-34-32(33(40)39-26-9-7-6-8-10-26)27-15-13-24(35(2,3)4)18-31(27)43-34/h6-12,14,16-17,19-20,24H,5,13,15,18,21H2,1-4H3,(H,39,40)/t24-/m0/s1. The Morgan fingerprint density at radius 2 is 1.84 bits per heavy atom. The first-order valence-electron chi connectivity index (χ1n) is 14.5. The summed E-state index contributed by atoms with van der Waals surface area (Å²) in [5.41, 5.74) is 4.45. The highest BCUT2D eigenvalue weighted by Crippen LogP contribution is 2.45. The lowest BCUT2D eigenvalue weighted by molar-refractivity contribution is 0.102. The molecule has 3 aromatic carbocycles. The van der Waals surface area contributed by atoms with Crippen LogP contribution in [0.2, 0.25) is 10.0 Å². The van der Waals surface area contributed by atoms with Crippen molar-refractivity contribution in [3.63, 3.8) is 0 Å². The maximum Gasteiger partial charge on any atom is 0.259 e. The zero-order valence-electron chi connectivity index (χ0n) is 24.9. The summed E-state index contributed by atoms with van der Waals surface area (Å²) in [6.07, 6.45) is 4.68. The zero-order valence-corrected chi connectivity index (χ0v) is 27.2. The average Bonchev–Trinajstić information content (AvgIpc) is 3.34. The highest BCUT2D eigenvalue weighted by atomic mass is 35.5. The predicted octanol–water partition coefficient (Wildman–Crippen LogP) is 10.2. The van der Waals surface area contributed by atoms with Crippen LogP contribution >= 0.6 is 34.5 Å². The minimum absolute atomic E-state index is 0.121. The van der Waals surface area contributed by atoms with Crippen LogP contribution in [0.5, 0.6) is 11.5 Å². The van der Waals surface area contributed by atoms with E-state index in [1.807, 2.05) is 61.5 Å². The molecule has 5 rings (SSSR count). The van der Waals surface area contributed by atoms with Gasteiger partial charge in [-0.1, -0.05) is 68.2 Å². The molecule has 1 aliphatic carbocycles. The van der Waals surface area contributed by atoms with Gasteiger partial charge in [-0.15, -0.1) is 11.3 Å². The number of carbonyl (C=O) groups is 1. The molecule has 0 radical (unpaired) electrons. The molecule has 1 heterocycles. The number of nitrogens with one attached hydrogen (secondary N) is 1. The summed E-state index contributed by atoms with van der Waals surface area (Å²) in [5, 5.41) is 4.94. The largest absolute Gasteiger partial charge is 0.490 e. The van der Waals surface area contributed by atoms with E-state index in [1.54, 1.807) is 29.7 Å². The lowest BCUT2D eigenvalue weighted by Gasteiger charge is -2.33. The number of para-hydroxylation sites is 1. The molecule has 0 saturated heterocycles. The van der Waals surface area contributed by atoms with Crippen LogP contribution in [-0.4, -0.2) is 18.7 Å². The molecule has 5 nitrogen and oxygen atoms in total. The van der Waals surface area contributed by atoms with Gasteiger partial charge in [-0.2, -0.15) is 0 Å². The number of hydrogen-bond donors (Lipinski definition) is 1. The highest BCUT2D eigenvalue weighted by molar-refractivity contribution is 7.16. The number of benzene rings is 3. The average molecular weight is 636 g/mol. The van der Waals surface area contributed by atoms with Crippen molar-refractivity contribution in [2.75, 3.05) is 11.9 Å². The smallest absolute Gasteiger partial charge is 0.259 e. The van der Waals surface area contributed by atoms with Crippen LogP contribution in [0.1, 0.15) is 66.0 Å². The molecule has 1 N–H and O–H groups in total. The number of rotatable bonds is 9. The van der Waals surface area contributed by atoms with Gasteiger partial charge >= 0.3 is 0 Å². The number of carbonyl (C=O) groups excluding carboxylic acids is 1. The van der Waals surface area contributed by atoms with Gasteiger partial charge in [-0.05, 0) is 91.1 Å². The fourth-order valence-electron chi connectivity index (χ4n) is 5.27. The molecular formula is C35H36Cl2N2O3S. The van der Waals surface area contributed by atoms with E-state index in [-0.39, 0.29) is 17.9 Å². The third-order valence-corrected chi connectivity index (χ3v) is 9.48. The molecular weight excluding hydrogens is 599 g/mol. The number of amides is 1. The Hall–Kier alpha value is -3.32. The van der Waals surface area contributed by atoms with Gasteiger partial charge in [-0.3, -0.25) is 4.79 Å². The van der Waals surface area contributed by atoms with E-state index in [4.69, 9.17) is 37.7 Å². The minimum Gasteiger partial charge on any atom is -0.490 e. The Balaban J connectivity index is 1.42. The molecule has 4 aromatic rings. The van der Waals surface area contributed by atoms with Crippen LogP contribution in [-0.2, 0) is 19.4 Å². The fourth-order valence-corrected chi connectivity index (χ4v) is 7.00. The first-order valence-corrected chi connectivity index (χ1v) is 16.1. The summed E-state index contributed by atoms with van der Waals surface area (Å²) in [5.74, 6) is 1.65. The zero-order chi connectivity index (χ0) is 30.6. The van der Waals surface area contributed by atoms with Crippen molar-refractivity contribution in [3.05, 3.63) is 104 Å². The van der Waals surface area contributed by atoms with Crippen LogP contribution < -0.4 is 14.8 Å². The van der Waals surface area contributed by atoms with Gasteiger partial charge in [0.2, 0.25) is 0 Å². The van der Waals surface area contributed by atoms with Crippen LogP contribution in [0.15, 0.2) is 71.7 Å². The van der Waals surface area contributed by atoms with Crippen molar-refractivity contribution in [1.82, 2.24) is 0 Å². The summed E-state index contributed by atoms with van der Waals surface area (Å²) < 4.78 is 12.0. The fraction of sp³-hybridized carbons (Fsp3) is 0.314. The van der Waals surface area contributed by atoms with E-state index >= 15 is 0 Å². The number of hydrogen-bond acceptors (Lipinski definition) is 5. The summed E-state index contributed by atoms with van der Waals surface area (Å²) in [6, 6.07) is 20.6. The summed E-state index contributed by atoms with van der Waals surface area (Å²) >= 11 is 14.0. The predicted molar refractivity (Wildman–Crippen MR) is 179 cm³/mol. The molecule has 8 heteroatoms. The normalized spacial score (nSPS) is 14.9. The monoisotopic (exact) mass is 634 g/mol. The second-order valence-corrected chi connectivity index (χ2v) is 13.7. The van der Waals surface area contributed by atoms with E-state index in [0.717, 1.165) is 46.6 Å². The van der Waals surface area contributed by atoms with Gasteiger partial charge in [0.05, 0.1) is 12.2 Å². The first kappa shape index (κ1) is 31.1. The number of fused-ring (bicyclic) bond motifs is 1. The SMILES string of the molecule is CCOc1cc(C=Nc2sc3c(c2C(=O)Nc2ccccc2)CC[C@H](C(C)(C)C)C3)ccc1OCc1ccc(Cl)cc1Cl. The maximum atomic E-state index is 13.6. The Kier molecular flexibility index (Phi) is 9.80. The van der Waals surface area contributed by atoms with Gasteiger partial charge in [0, 0.05) is 32.4 Å². The van der Waals surface area contributed by atoms with E-state index in [1.165, 1.54) is 4.88 Å². The summed E-state index contributed by atoms with van der Waals surface area (Å²) in [4.78, 5) is 19.8. The van der Waals surface area contributed by atoms with E-state index in [2.05, 4.69) is 26.1 Å². The Morgan fingerprint density at radius 1 is 1.05 bits per heavy atom. The van der Waals surface area contributed by atoms with Crippen LogP contribution in [0.25, 0.3) is 0 Å². The van der Waals surface area contributed by atoms with E-state index < -0.39 is 0 Å². The second kappa shape index (κ2) is 13.5. The molecule has 1 aromatic heterocycles. The van der Waals surface area contributed by atoms with Crippen molar-refractivity contribution < 1.29 is 14.3 Å². The van der Waals surface area contributed by atoms with Crippen LogP contribution in [0.4, 0.5) is 10.7 Å². The number of nitrogens with zero attached hydrogens (tertiary/aromatic N) is 1. The highest BCUT2D eigenvalue weighted by Gasteiger charge is 2.33. The van der Waals surface area contributed by atoms with Crippen LogP contribution in [0, 0.1) is 11.3 Å². The third kappa shape index (κ3) is 7.61. The molecule has 43 heavy (non-hydrogen) atoms. The molecule has 0 unspecified atom stereocenters. The van der Waals surface area contributed by atoms with Crippen molar-refractivity contribution in [2.24, 2.45) is 16.3 Å². The first-order chi connectivity index (χ1) is 20.6. The molecule has 0 saturated carbocycles. The van der Waals surface area contributed by atoms with Crippen molar-refractivity contribution in [2.45, 2.75) is 53.6 Å². The molecule has 0 bridgehead atoms. The molecule has 0 spiro atoms. The summed E-state index contributed by atoms with van der Waals surface area (Å²) in [6.45, 7) is 9.58. The summed E-state index contributed by atoms with van der Waals surface area (Å²) in [7, 11) is 0. The molecule has 1 aliphatic rings. The minimum atomic E-state index is -0.121. The molecule has 0 fully saturated rings. The molecule has 224 valence electrons. The molecule has 1 atom stereocenters. The Morgan fingerprint density at radius 3 is 2.56 bits per heavy atom. The number of halogens is 2. The van der Waals surface area contributed by atoms with Gasteiger partial charge < -0.3 is 14.8 Å². The van der Waals surface area contributed by atoms with Crippen molar-refractivity contribution in [3.8, 4) is 11.5 Å². The Labute approximate surface area is 267 Å². The van der Waals surface area contributed by atoms with Gasteiger partial charge in [0.1, 0.15) is 11.6 Å². The van der Waals surface area contributed by atoms with Gasteiger partial charge in [0.25, 0.3) is 5.91 Å². The maximum absolute atomic E-state index is 13.6. The molecule has 1 amide bonds. The van der Waals surface area contributed by atoms with Crippen molar-refractivity contribution in [1.29, 1.82) is 0 Å². The number of thiophene rings is 1. The topological polar surface area (TPSA) is 59.9 Å². The number of aliphatic imine (C=N–C) groups is 1. The van der Waals surface area contributed by atoms with Crippen molar-refractivity contribution >= 4 is 57.3 Å². The van der Waals surface area contributed by atoms with E-state index in [9.17, 15) is 4.79 Å². The van der Waals surface area contributed by atoms with E-state index in [0.29, 0.717) is 39.6 Å². The number of anilines is 1. The molecule has 0 aliphatic heterocycles. The van der Waals surface area contributed by atoms with Gasteiger partial charge in [-0.25, -0.2) is 4.99 Å². The second-order valence-electron chi connectivity index (χ2n) is 11.7. The Bertz CT molecular complexity index is 1630.